The smallest absolute Gasteiger partial charge is 0.747 e. The maximum Gasteiger partial charge on any atom is 1.00 e. The van der Waals surface area contributed by atoms with E-state index in [1.165, 1.54) is 0 Å². The van der Waals surface area contributed by atoms with Crippen molar-refractivity contribution < 1.29 is 200 Å². The van der Waals surface area contributed by atoms with Gasteiger partial charge in [0.25, 0.3) is 17.7 Å². The van der Waals surface area contributed by atoms with E-state index in [4.69, 9.17) is 146 Å². The van der Waals surface area contributed by atoms with Crippen LogP contribution in [0, 0.1) is 5.41 Å². The quantitative estimate of drug-likeness (QED) is 0.0289. The van der Waals surface area contributed by atoms with Crippen LogP contribution in [0.3, 0.4) is 0 Å². The fourth-order valence-corrected chi connectivity index (χ4v) is 12.9. The first-order valence-electron chi connectivity index (χ1n) is 43.9. The molecule has 2 aliphatic rings. The van der Waals surface area contributed by atoms with Gasteiger partial charge in [-0.15, -0.1) is 0 Å². The van der Waals surface area contributed by atoms with Crippen molar-refractivity contribution in [2.24, 2.45) is 5.41 Å². The summed E-state index contributed by atoms with van der Waals surface area (Å²) in [5, 5.41) is 10.2. The first-order valence-corrected chi connectivity index (χ1v) is 46.1. The molecule has 2 aromatic rings. The zero-order valence-electron chi connectivity index (χ0n) is 76.5. The number of benzene rings is 2. The second-order valence-corrected chi connectivity index (χ2v) is 31.8. The van der Waals surface area contributed by atoms with Crippen LogP contribution < -0.4 is 50.8 Å². The number of amides is 6. The summed E-state index contributed by atoms with van der Waals surface area (Å²) in [6, 6.07) is 12.0. The van der Waals surface area contributed by atoms with Crippen LogP contribution in [-0.2, 0) is 164 Å². The van der Waals surface area contributed by atoms with E-state index >= 15 is 0 Å². The van der Waals surface area contributed by atoms with Crippen LogP contribution in [0.25, 0.3) is 0 Å². The first kappa shape index (κ1) is 122. The summed E-state index contributed by atoms with van der Waals surface area (Å²) in [5.41, 5.74) is 0.721. The molecule has 45 heteroatoms. The van der Waals surface area contributed by atoms with Gasteiger partial charge in [0.15, 0.2) is 6.61 Å². The number of carbonyl (C=O) groups is 6. The van der Waals surface area contributed by atoms with Crippen molar-refractivity contribution in [3.8, 4) is 0 Å². The van der Waals surface area contributed by atoms with Gasteiger partial charge >= 0.3 is 29.6 Å². The van der Waals surface area contributed by atoms with E-state index in [-0.39, 0.29) is 106 Å². The Labute approximate surface area is 797 Å². The zero-order valence-corrected chi connectivity index (χ0v) is 80.9. The number of anilines is 1. The molecule has 746 valence electrons. The molecular formula is C85H144Cl2N5NaO36S. The van der Waals surface area contributed by atoms with Crippen molar-refractivity contribution in [1.29, 1.82) is 0 Å². The molecule has 1 saturated heterocycles. The Morgan fingerprint density at radius 2 is 0.746 bits per heavy atom. The van der Waals surface area contributed by atoms with E-state index in [0.717, 1.165) is 31.2 Å². The normalized spacial score (nSPS) is 14.1. The Hall–Kier alpha value is -4.13. The van der Waals surface area contributed by atoms with Gasteiger partial charge in [-0.2, -0.15) is 5.06 Å². The van der Waals surface area contributed by atoms with Gasteiger partial charge in [0.05, 0.1) is 363 Å². The van der Waals surface area contributed by atoms with Crippen LogP contribution in [0.1, 0.15) is 81.6 Å². The number of nitrogens with one attached hydrogen (secondary N) is 4. The summed E-state index contributed by atoms with van der Waals surface area (Å²) < 4.78 is 172. The molecule has 1 aliphatic carbocycles. The van der Waals surface area contributed by atoms with Gasteiger partial charge in [-0.25, -0.2) is 8.42 Å². The molecule has 4 rings (SSSR count). The van der Waals surface area contributed by atoms with Crippen LogP contribution in [-0.4, -0.2) is 419 Å². The van der Waals surface area contributed by atoms with Gasteiger partial charge in [-0.1, -0.05) is 54.2 Å². The van der Waals surface area contributed by atoms with Crippen LogP contribution in [0.15, 0.2) is 42.5 Å². The summed E-state index contributed by atoms with van der Waals surface area (Å²) in [6.07, 6.45) is 3.75. The Morgan fingerprint density at radius 1 is 0.446 bits per heavy atom. The molecule has 0 radical (unpaired) electrons. The van der Waals surface area contributed by atoms with Crippen molar-refractivity contribution in [2.45, 2.75) is 89.0 Å². The van der Waals surface area contributed by atoms with E-state index in [1.54, 1.807) is 30.3 Å². The predicted molar refractivity (Wildman–Crippen MR) is 468 cm³/mol. The third-order valence-electron chi connectivity index (χ3n) is 18.2. The second-order valence-electron chi connectivity index (χ2n) is 29.4. The molecule has 2 aromatic carbocycles. The van der Waals surface area contributed by atoms with Gasteiger partial charge in [0.2, 0.25) is 17.7 Å². The Balaban J connectivity index is 0.0000286. The molecule has 1 heterocycles. The summed E-state index contributed by atoms with van der Waals surface area (Å²) in [5.74, 6) is -3.61. The SMILES string of the molecule is CC(C)(C)OC[C@H](Cc1ccc(NC(=O)c2c(Cl)cccc2Cl)cc1)NC(=O)C1(CCNC(=O)CCOCCOCCOCCOCCOCCOCCOCCOCCOCCOCCOCCOCCOCCOCCOCCOCCOCCOCCOCCOCCOCCOCCOCCOCCNC(=O)CON2C(=O)CC(S(=O)(=O)[O-])C2=O)CCCC1.O.[Na+]. The minimum Gasteiger partial charge on any atom is -0.747 e. The summed E-state index contributed by atoms with van der Waals surface area (Å²) >= 11 is 12.5. The third-order valence-corrected chi connectivity index (χ3v) is 19.9. The fourth-order valence-electron chi connectivity index (χ4n) is 11.6. The molecule has 6 amide bonds. The molecule has 1 aliphatic heterocycles. The first-order chi connectivity index (χ1) is 62.3. The number of ether oxygens (including phenoxy) is 25. The van der Waals surface area contributed by atoms with Crippen molar-refractivity contribution in [2.75, 3.05) is 349 Å². The minimum atomic E-state index is -5.02. The minimum absolute atomic E-state index is 0. The summed E-state index contributed by atoms with van der Waals surface area (Å²) in [4.78, 5) is 80.0. The molecule has 0 aromatic heterocycles. The fraction of sp³-hybridized carbons (Fsp3) is 0.788. The number of hydroxylamine groups is 2. The molecule has 6 N–H and O–H groups in total. The van der Waals surface area contributed by atoms with Crippen LogP contribution in [0.5, 0.6) is 0 Å². The molecule has 2 fully saturated rings. The Bertz CT molecular complexity index is 3240. The van der Waals surface area contributed by atoms with Crippen molar-refractivity contribution in [1.82, 2.24) is 21.0 Å². The number of carbonyl (C=O) groups excluding carboxylic acids is 6. The molecular weight excluding hydrogens is 1790 g/mol. The van der Waals surface area contributed by atoms with E-state index in [0.29, 0.717) is 329 Å². The van der Waals surface area contributed by atoms with Crippen molar-refractivity contribution >= 4 is 74.5 Å². The van der Waals surface area contributed by atoms with Crippen molar-refractivity contribution in [3.63, 3.8) is 0 Å². The summed E-state index contributed by atoms with van der Waals surface area (Å²) in [7, 11) is -5.02. The van der Waals surface area contributed by atoms with Gasteiger partial charge in [-0.05, 0) is 76.3 Å². The number of rotatable bonds is 90. The number of halogens is 2. The molecule has 41 nitrogen and oxygen atoms in total. The average Bonchev–Trinajstić information content (AvgIpc) is 1.63. The third kappa shape index (κ3) is 65.6. The van der Waals surface area contributed by atoms with E-state index in [1.807, 2.05) is 32.9 Å². The zero-order chi connectivity index (χ0) is 92.2. The maximum absolute atomic E-state index is 14.1. The molecule has 1 saturated carbocycles. The number of hydrogen-bond acceptors (Lipinski definition) is 35. The monoisotopic (exact) mass is 1940 g/mol. The van der Waals surface area contributed by atoms with Gasteiger partial charge < -0.3 is 150 Å². The second kappa shape index (κ2) is 82.0. The maximum atomic E-state index is 14.1. The van der Waals surface area contributed by atoms with Gasteiger partial charge in [0, 0.05) is 25.2 Å². The summed E-state index contributed by atoms with van der Waals surface area (Å²) in [6.45, 7) is 26.1. The van der Waals surface area contributed by atoms with E-state index in [9.17, 15) is 41.7 Å². The van der Waals surface area contributed by atoms with Crippen LogP contribution in [0.4, 0.5) is 5.69 Å². The molecule has 130 heavy (non-hydrogen) atoms. The molecule has 0 bridgehead atoms. The molecule has 0 spiro atoms. The standard InChI is InChI=1S/C85H143Cl2N5O35S.Na.H2O/c1-84(2,3)126-69-73(67-71-9-11-72(12-10-71)90-81(96)80-74(86)7-6-8-75(80)87)91-83(98)85(14-4-5-15-85)16-17-88-77(93)13-19-102-21-23-104-25-27-106-29-31-108-33-35-110-37-39-112-41-43-114-45-47-116-49-51-118-53-55-120-57-59-122-61-63-124-65-66-125-64-62-123-60-58-121-56-54-119-52-50-117-48-46-115-44-42-113-40-38-111-36-34-109-32-30-107-28-26-105-24-22-103-20-18-89-78(94)70-127-92-79(95)68-76(82(92)97)128(99,100)101;;/h6-12,73,76H,4-5,13-70H2,1-3H3,(H,88,93)(H,89,94)(H,90,96)(H,91,98)(H,99,100,101);;1H2/q;+1;/p-1/t73-,76?;;/m0../s1. The van der Waals surface area contributed by atoms with Crippen LogP contribution in [0.2, 0.25) is 10.0 Å². The molecule has 2 atom stereocenters. The topological polar surface area (TPSA) is 482 Å². The average molecular weight is 1940 g/mol. The van der Waals surface area contributed by atoms with Crippen LogP contribution >= 0.6 is 23.2 Å². The Morgan fingerprint density at radius 3 is 1.05 bits per heavy atom. The van der Waals surface area contributed by atoms with Gasteiger partial charge in [-0.3, -0.25) is 33.6 Å². The molecule has 1 unspecified atom stereocenters. The number of hydrogen-bond donors (Lipinski definition) is 4. The Kier molecular flexibility index (Phi) is 76.9. The number of imide groups is 1. The predicted octanol–water partition coefficient (Wildman–Crippen LogP) is -0.157. The van der Waals surface area contributed by atoms with E-state index in [2.05, 4.69) is 21.3 Å². The van der Waals surface area contributed by atoms with E-state index < -0.39 is 63.0 Å². The van der Waals surface area contributed by atoms with Gasteiger partial charge in [0.1, 0.15) is 15.4 Å². The largest absolute Gasteiger partial charge is 1.00 e. The van der Waals surface area contributed by atoms with Crippen molar-refractivity contribution in [3.05, 3.63) is 63.6 Å². The number of nitrogens with zero attached hydrogens (tertiary/aromatic N) is 1.